The number of aromatic nitrogens is 2. The number of nitriles is 2. The average molecular weight is 987 g/mol. The lowest BCUT2D eigenvalue weighted by molar-refractivity contribution is -0.145. The standard InChI is InChI=1S/C54H53Cl2N5O9/c1-31-41(29-69-51-18-49(67-27-38-14-36(20-57)22-59-24-38)40(16-47(51)55)12-13-46(33(3)62)54(65)66)8-6-10-44(31)45-11-7-9-42(32(45)2)30-70-52-19-50(68-28-39-15-37(21-58)23-60-25-39)43(17-48(52)56)26-61-53(34(4)63)35(5)64/h6-11,14-19,22-25,33,35,46,53,61-64H,4,12-13,26-30H2,1-3,5H3,(H,65,66)/t33-,35-,46+,53-/m1/s1. The number of aliphatic hydroxyl groups is 3. The van der Waals surface area contributed by atoms with Crippen molar-refractivity contribution in [2.75, 3.05) is 0 Å². The molecule has 0 bridgehead atoms. The zero-order valence-electron chi connectivity index (χ0n) is 39.1. The van der Waals surface area contributed by atoms with E-state index in [1.165, 1.54) is 26.2 Å². The molecule has 0 spiro atoms. The van der Waals surface area contributed by atoms with Gasteiger partial charge in [0.2, 0.25) is 0 Å². The molecule has 2 heterocycles. The molecule has 4 aromatic carbocycles. The topological polar surface area (TPSA) is 220 Å². The number of hydrogen-bond donors (Lipinski definition) is 5. The smallest absolute Gasteiger partial charge is 0.309 e. The molecule has 0 unspecified atom stereocenters. The molecule has 0 amide bonds. The number of nitrogens with one attached hydrogen (secondary N) is 1. The summed E-state index contributed by atoms with van der Waals surface area (Å²) in [5.74, 6) is -0.797. The predicted octanol–water partition coefficient (Wildman–Crippen LogP) is 10.1. The van der Waals surface area contributed by atoms with Crippen LogP contribution in [0.4, 0.5) is 0 Å². The van der Waals surface area contributed by atoms with E-state index in [-0.39, 0.29) is 51.6 Å². The Morgan fingerprint density at radius 1 is 0.671 bits per heavy atom. The number of aliphatic hydroxyl groups excluding tert-OH is 3. The highest BCUT2D eigenvalue weighted by molar-refractivity contribution is 6.32. The summed E-state index contributed by atoms with van der Waals surface area (Å²) in [6.07, 6.45) is 4.50. The number of pyridine rings is 2. The molecular formula is C54H53Cl2N5O9. The lowest BCUT2D eigenvalue weighted by atomic mass is 9.92. The average Bonchev–Trinajstić information content (AvgIpc) is 3.33. The molecule has 0 saturated heterocycles. The summed E-state index contributed by atoms with van der Waals surface area (Å²) in [7, 11) is 0. The number of halogens is 2. The van der Waals surface area contributed by atoms with Crippen LogP contribution >= 0.6 is 23.2 Å². The van der Waals surface area contributed by atoms with E-state index < -0.39 is 30.1 Å². The molecular weight excluding hydrogens is 934 g/mol. The lowest BCUT2D eigenvalue weighted by Gasteiger charge is -2.22. The van der Waals surface area contributed by atoms with E-state index in [0.717, 1.165) is 33.4 Å². The highest BCUT2D eigenvalue weighted by Crippen LogP contribution is 2.38. The number of aryl methyl sites for hydroxylation is 1. The molecule has 16 heteroatoms. The first-order chi connectivity index (χ1) is 33.6. The van der Waals surface area contributed by atoms with Crippen molar-refractivity contribution in [3.05, 3.63) is 176 Å². The van der Waals surface area contributed by atoms with Gasteiger partial charge in [0.15, 0.2) is 0 Å². The summed E-state index contributed by atoms with van der Waals surface area (Å²) in [5, 5.41) is 62.6. The van der Waals surface area contributed by atoms with E-state index in [9.17, 15) is 35.7 Å². The van der Waals surface area contributed by atoms with Crippen molar-refractivity contribution in [3.63, 3.8) is 0 Å². The summed E-state index contributed by atoms with van der Waals surface area (Å²) < 4.78 is 25.2. The van der Waals surface area contributed by atoms with E-state index in [4.69, 9.17) is 42.1 Å². The van der Waals surface area contributed by atoms with Crippen LogP contribution in [0, 0.1) is 42.4 Å². The molecule has 2 aromatic heterocycles. The summed E-state index contributed by atoms with van der Waals surface area (Å²) in [4.78, 5) is 20.1. The van der Waals surface area contributed by atoms with Crippen molar-refractivity contribution in [2.24, 2.45) is 5.92 Å². The maximum Gasteiger partial charge on any atom is 0.309 e. The summed E-state index contributed by atoms with van der Waals surface area (Å²) >= 11 is 13.6. The first-order valence-electron chi connectivity index (χ1n) is 22.3. The van der Waals surface area contributed by atoms with Gasteiger partial charge in [-0.2, -0.15) is 10.5 Å². The minimum Gasteiger partial charge on any atom is -0.511 e. The van der Waals surface area contributed by atoms with Crippen LogP contribution in [0.1, 0.15) is 75.9 Å². The molecule has 6 aromatic rings. The number of carboxylic acid groups (broad SMARTS) is 1. The Kier molecular flexibility index (Phi) is 18.2. The van der Waals surface area contributed by atoms with Crippen molar-refractivity contribution in [1.82, 2.24) is 15.3 Å². The second-order valence-corrected chi connectivity index (χ2v) is 17.6. The van der Waals surface area contributed by atoms with Crippen LogP contribution in [0.5, 0.6) is 23.0 Å². The zero-order valence-corrected chi connectivity index (χ0v) is 40.6. The van der Waals surface area contributed by atoms with E-state index in [1.54, 1.807) is 48.8 Å². The van der Waals surface area contributed by atoms with Crippen molar-refractivity contribution < 1.29 is 44.2 Å². The largest absolute Gasteiger partial charge is 0.511 e. The molecule has 0 saturated carbocycles. The summed E-state index contributed by atoms with van der Waals surface area (Å²) in [6, 6.07) is 25.4. The molecule has 14 nitrogen and oxygen atoms in total. The number of rotatable bonds is 23. The van der Waals surface area contributed by atoms with Gasteiger partial charge in [0.1, 0.15) is 67.3 Å². The van der Waals surface area contributed by atoms with Crippen molar-refractivity contribution in [3.8, 4) is 46.3 Å². The number of nitrogens with zero attached hydrogens (tertiary/aromatic N) is 4. The van der Waals surface area contributed by atoms with Crippen molar-refractivity contribution >= 4 is 29.2 Å². The third-order valence-corrected chi connectivity index (χ3v) is 12.4. The Balaban J connectivity index is 1.21. The maximum absolute atomic E-state index is 11.9. The fourth-order valence-corrected chi connectivity index (χ4v) is 8.28. The fourth-order valence-electron chi connectivity index (χ4n) is 7.80. The Hall–Kier alpha value is -7.17. The SMILES string of the molecule is C=C(O)[C@@H](NCc1cc(Cl)c(OCc2cccc(-c3cccc(COc4cc(OCc5cncc(C#N)c5)c(CC[C@H](C(=O)O)[C@@H](C)O)cc4Cl)c3C)c2C)cc1OCc1cncc(C#N)c1)[C@@H](C)O. The number of hydrogen-bond acceptors (Lipinski definition) is 13. The van der Waals surface area contributed by atoms with Crippen LogP contribution in [0.3, 0.4) is 0 Å². The fraction of sp³-hybridized carbons (Fsp3) is 0.278. The minimum atomic E-state index is -1.11. The Morgan fingerprint density at radius 2 is 1.14 bits per heavy atom. The summed E-state index contributed by atoms with van der Waals surface area (Å²) in [5.41, 5.74) is 9.06. The van der Waals surface area contributed by atoms with Gasteiger partial charge >= 0.3 is 5.97 Å². The van der Waals surface area contributed by atoms with Gasteiger partial charge in [-0.05, 0) is 104 Å². The third-order valence-electron chi connectivity index (χ3n) is 11.8. The number of carboxylic acids is 1. The van der Waals surface area contributed by atoms with Crippen LogP contribution in [0.15, 0.2) is 110 Å². The molecule has 4 atom stereocenters. The number of carbonyl (C=O) groups is 1. The van der Waals surface area contributed by atoms with Crippen molar-refractivity contribution in [1.29, 1.82) is 10.5 Å². The number of benzene rings is 4. The van der Waals surface area contributed by atoms with Gasteiger partial charge in [-0.3, -0.25) is 14.8 Å². The maximum atomic E-state index is 11.9. The highest BCUT2D eigenvalue weighted by atomic mass is 35.5. The lowest BCUT2D eigenvalue weighted by Crippen LogP contribution is -2.39. The van der Waals surface area contributed by atoms with Gasteiger partial charge in [-0.15, -0.1) is 0 Å². The number of aliphatic carboxylic acids is 1. The first kappa shape index (κ1) is 52.2. The van der Waals surface area contributed by atoms with Gasteiger partial charge in [0.05, 0.1) is 45.3 Å². The van der Waals surface area contributed by atoms with Crippen LogP contribution < -0.4 is 24.3 Å². The monoisotopic (exact) mass is 985 g/mol. The van der Waals surface area contributed by atoms with Gasteiger partial charge < -0.3 is 44.7 Å². The second kappa shape index (κ2) is 24.4. The van der Waals surface area contributed by atoms with E-state index in [2.05, 4.69) is 34.0 Å². The van der Waals surface area contributed by atoms with Crippen LogP contribution in [-0.2, 0) is 44.2 Å². The van der Waals surface area contributed by atoms with Gasteiger partial charge in [0, 0.05) is 60.2 Å². The quantitative estimate of drug-likeness (QED) is 0.0377. The molecule has 0 radical (unpaired) electrons. The predicted molar refractivity (Wildman–Crippen MR) is 265 cm³/mol. The molecule has 5 N–H and O–H groups in total. The Bertz CT molecular complexity index is 2740. The van der Waals surface area contributed by atoms with E-state index in [1.807, 2.05) is 50.2 Å². The molecule has 6 rings (SSSR count). The molecule has 0 aliphatic rings. The summed E-state index contributed by atoms with van der Waals surface area (Å²) in [6.45, 7) is 11.2. The Morgan fingerprint density at radius 3 is 1.59 bits per heavy atom. The van der Waals surface area contributed by atoms with Gasteiger partial charge in [0.25, 0.3) is 0 Å². The Labute approximate surface area is 416 Å². The molecule has 70 heavy (non-hydrogen) atoms. The van der Waals surface area contributed by atoms with E-state index in [0.29, 0.717) is 66.4 Å². The van der Waals surface area contributed by atoms with Gasteiger partial charge in [-0.25, -0.2) is 0 Å². The van der Waals surface area contributed by atoms with Gasteiger partial charge in [-0.1, -0.05) is 66.2 Å². The molecule has 0 aliphatic carbocycles. The third kappa shape index (κ3) is 13.5. The zero-order chi connectivity index (χ0) is 50.5. The number of ether oxygens (including phenoxy) is 4. The highest BCUT2D eigenvalue weighted by Gasteiger charge is 2.25. The van der Waals surface area contributed by atoms with Crippen LogP contribution in [-0.4, -0.2) is 54.6 Å². The minimum absolute atomic E-state index is 0.0695. The van der Waals surface area contributed by atoms with E-state index >= 15 is 0 Å². The van der Waals surface area contributed by atoms with Crippen LogP contribution in [0.25, 0.3) is 11.1 Å². The molecule has 0 aliphatic heterocycles. The normalized spacial score (nSPS) is 12.7. The van der Waals surface area contributed by atoms with Crippen molar-refractivity contribution in [2.45, 2.75) is 91.8 Å². The molecule has 362 valence electrons. The molecule has 0 fully saturated rings. The second-order valence-electron chi connectivity index (χ2n) is 16.8. The van der Waals surface area contributed by atoms with Crippen LogP contribution in [0.2, 0.25) is 10.0 Å². The first-order valence-corrected chi connectivity index (χ1v) is 23.0.